The first-order chi connectivity index (χ1) is 8.38. The Morgan fingerprint density at radius 1 is 1.22 bits per heavy atom. The van der Waals surface area contributed by atoms with Crippen molar-refractivity contribution in [3.8, 4) is 0 Å². The highest BCUT2D eigenvalue weighted by molar-refractivity contribution is 8.13. The van der Waals surface area contributed by atoms with Gasteiger partial charge >= 0.3 is 0 Å². The molecule has 1 aromatic heterocycles. The molecular weight excluding hydrogens is 274 g/mol. The highest BCUT2D eigenvalue weighted by atomic mass is 35.7. The molecule has 0 amide bonds. The van der Waals surface area contributed by atoms with Gasteiger partial charge in [-0.2, -0.15) is 0 Å². The maximum absolute atomic E-state index is 12.1. The lowest BCUT2D eigenvalue weighted by molar-refractivity contribution is 0.103. The van der Waals surface area contributed by atoms with Gasteiger partial charge in [0.05, 0.1) is 0 Å². The van der Waals surface area contributed by atoms with Gasteiger partial charge in [0.1, 0.15) is 5.03 Å². The molecular formula is C12H10ClNO3S. The molecule has 0 aliphatic rings. The van der Waals surface area contributed by atoms with Crippen molar-refractivity contribution in [1.29, 1.82) is 0 Å². The fourth-order valence-corrected chi connectivity index (χ4v) is 2.33. The monoisotopic (exact) mass is 283 g/mol. The van der Waals surface area contributed by atoms with Crippen LogP contribution in [0.3, 0.4) is 0 Å². The number of benzene rings is 1. The Bertz CT molecular complexity index is 704. The number of aryl methyl sites for hydroxylation is 1. The van der Waals surface area contributed by atoms with Crippen LogP contribution in [-0.2, 0) is 9.05 Å². The molecule has 0 fully saturated rings. The lowest BCUT2D eigenvalue weighted by atomic mass is 10.0. The van der Waals surface area contributed by atoms with Crippen molar-refractivity contribution in [3.05, 3.63) is 53.2 Å². The first-order valence-electron chi connectivity index (χ1n) is 5.12. The zero-order chi connectivity index (χ0) is 13.3. The number of carbonyl (C=O) groups excluding carboxylic acids is 1. The molecule has 0 unspecified atom stereocenters. The van der Waals surface area contributed by atoms with Crippen LogP contribution in [-0.4, -0.2) is 19.2 Å². The highest BCUT2D eigenvalue weighted by Crippen LogP contribution is 2.17. The van der Waals surface area contributed by atoms with Gasteiger partial charge in [-0.05, 0) is 19.1 Å². The lowest BCUT2D eigenvalue weighted by Crippen LogP contribution is -1.99. The fourth-order valence-electron chi connectivity index (χ4n) is 1.60. The van der Waals surface area contributed by atoms with Gasteiger partial charge in [-0.25, -0.2) is 8.42 Å². The molecule has 18 heavy (non-hydrogen) atoms. The van der Waals surface area contributed by atoms with Gasteiger partial charge in [-0.3, -0.25) is 4.79 Å². The van der Waals surface area contributed by atoms with Gasteiger partial charge in [0, 0.05) is 28.0 Å². The molecule has 0 bridgehead atoms. The van der Waals surface area contributed by atoms with E-state index in [0.29, 0.717) is 5.56 Å². The van der Waals surface area contributed by atoms with E-state index in [1.54, 1.807) is 18.2 Å². The number of hydrogen-bond donors (Lipinski definition) is 1. The smallest absolute Gasteiger partial charge is 0.276 e. The van der Waals surface area contributed by atoms with Gasteiger partial charge in [-0.15, -0.1) is 0 Å². The largest absolute Gasteiger partial charge is 0.351 e. The van der Waals surface area contributed by atoms with Crippen LogP contribution in [0.1, 0.15) is 21.5 Å². The van der Waals surface area contributed by atoms with Crippen molar-refractivity contribution in [1.82, 2.24) is 4.98 Å². The second-order valence-electron chi connectivity index (χ2n) is 3.89. The molecule has 0 atom stereocenters. The van der Waals surface area contributed by atoms with E-state index in [1.807, 2.05) is 13.0 Å². The summed E-state index contributed by atoms with van der Waals surface area (Å²) in [4.78, 5) is 14.6. The van der Waals surface area contributed by atoms with Gasteiger partial charge in [0.25, 0.3) is 9.05 Å². The minimum absolute atomic E-state index is 0.180. The van der Waals surface area contributed by atoms with Crippen LogP contribution in [0.2, 0.25) is 0 Å². The molecule has 0 saturated carbocycles. The van der Waals surface area contributed by atoms with E-state index in [-0.39, 0.29) is 16.4 Å². The maximum Gasteiger partial charge on any atom is 0.276 e. The standard InChI is InChI=1S/C12H10ClNO3S/c1-8-3-2-4-9(5-8)12(15)10-6-11(14-7-10)18(13,16)17/h2-7,14H,1H3. The molecule has 0 radical (unpaired) electrons. The zero-order valence-electron chi connectivity index (χ0n) is 9.48. The average Bonchev–Trinajstić information content (AvgIpc) is 2.77. The zero-order valence-corrected chi connectivity index (χ0v) is 11.0. The molecule has 2 aromatic rings. The number of H-pyrrole nitrogens is 1. The minimum Gasteiger partial charge on any atom is -0.351 e. The molecule has 2 rings (SSSR count). The molecule has 4 nitrogen and oxygen atoms in total. The Hall–Kier alpha value is -1.59. The predicted molar refractivity (Wildman–Crippen MR) is 68.4 cm³/mol. The number of hydrogen-bond acceptors (Lipinski definition) is 3. The van der Waals surface area contributed by atoms with Crippen LogP contribution in [0, 0.1) is 6.92 Å². The number of ketones is 1. The average molecular weight is 284 g/mol. The number of aromatic nitrogens is 1. The van der Waals surface area contributed by atoms with Crippen LogP contribution in [0.15, 0.2) is 41.6 Å². The quantitative estimate of drug-likeness (QED) is 0.695. The molecule has 1 aromatic carbocycles. The summed E-state index contributed by atoms with van der Waals surface area (Å²) in [7, 11) is 1.34. The van der Waals surface area contributed by atoms with Gasteiger partial charge in [-0.1, -0.05) is 23.8 Å². The third-order valence-electron chi connectivity index (χ3n) is 2.46. The van der Waals surface area contributed by atoms with Crippen LogP contribution >= 0.6 is 10.7 Å². The van der Waals surface area contributed by atoms with E-state index in [4.69, 9.17) is 10.7 Å². The third kappa shape index (κ3) is 2.63. The molecule has 0 spiro atoms. The summed E-state index contributed by atoms with van der Waals surface area (Å²) in [6, 6.07) is 8.30. The number of rotatable bonds is 3. The Morgan fingerprint density at radius 2 is 1.94 bits per heavy atom. The molecule has 0 aliphatic carbocycles. The molecule has 94 valence electrons. The van der Waals surface area contributed by atoms with Crippen molar-refractivity contribution >= 4 is 25.5 Å². The van der Waals surface area contributed by atoms with Crippen LogP contribution in [0.25, 0.3) is 0 Å². The van der Waals surface area contributed by atoms with Crippen LogP contribution in [0.5, 0.6) is 0 Å². The van der Waals surface area contributed by atoms with Crippen LogP contribution < -0.4 is 0 Å². The molecule has 6 heteroatoms. The van der Waals surface area contributed by atoms with E-state index >= 15 is 0 Å². The van der Waals surface area contributed by atoms with Crippen molar-refractivity contribution in [3.63, 3.8) is 0 Å². The SMILES string of the molecule is Cc1cccc(C(=O)c2c[nH]c(S(=O)(=O)Cl)c2)c1. The summed E-state index contributed by atoms with van der Waals surface area (Å²) in [5.74, 6) is -0.249. The van der Waals surface area contributed by atoms with Crippen molar-refractivity contribution in [2.45, 2.75) is 11.9 Å². The van der Waals surface area contributed by atoms with Gasteiger partial charge in [0.15, 0.2) is 5.78 Å². The predicted octanol–water partition coefficient (Wildman–Crippen LogP) is 2.48. The van der Waals surface area contributed by atoms with E-state index in [9.17, 15) is 13.2 Å². The Kier molecular flexibility index (Phi) is 3.28. The fraction of sp³-hybridized carbons (Fsp3) is 0.0833. The third-order valence-corrected chi connectivity index (χ3v) is 3.72. The Morgan fingerprint density at radius 3 is 2.50 bits per heavy atom. The molecule has 0 aliphatic heterocycles. The van der Waals surface area contributed by atoms with Crippen molar-refractivity contribution in [2.24, 2.45) is 0 Å². The van der Waals surface area contributed by atoms with Gasteiger partial charge in [0.2, 0.25) is 0 Å². The normalized spacial score (nSPS) is 11.4. The lowest BCUT2D eigenvalue weighted by Gasteiger charge is -1.99. The number of nitrogens with one attached hydrogen (secondary N) is 1. The first kappa shape index (κ1) is 12.9. The number of halogens is 1. The molecule has 1 N–H and O–H groups in total. The Balaban J connectivity index is 2.38. The molecule has 1 heterocycles. The molecule has 0 saturated heterocycles. The van der Waals surface area contributed by atoms with Crippen molar-refractivity contribution in [2.75, 3.05) is 0 Å². The summed E-state index contributed by atoms with van der Waals surface area (Å²) in [5.41, 5.74) is 1.73. The van der Waals surface area contributed by atoms with E-state index in [2.05, 4.69) is 4.98 Å². The first-order valence-corrected chi connectivity index (χ1v) is 7.43. The summed E-state index contributed by atoms with van der Waals surface area (Å²) in [6.45, 7) is 1.88. The van der Waals surface area contributed by atoms with Gasteiger partial charge < -0.3 is 4.98 Å². The summed E-state index contributed by atoms with van der Waals surface area (Å²) < 4.78 is 22.2. The minimum atomic E-state index is -3.84. The van der Waals surface area contributed by atoms with E-state index in [0.717, 1.165) is 5.56 Å². The number of aromatic amines is 1. The van der Waals surface area contributed by atoms with Crippen LogP contribution in [0.4, 0.5) is 0 Å². The summed E-state index contributed by atoms with van der Waals surface area (Å²) >= 11 is 0. The highest BCUT2D eigenvalue weighted by Gasteiger charge is 2.17. The van der Waals surface area contributed by atoms with E-state index < -0.39 is 9.05 Å². The van der Waals surface area contributed by atoms with E-state index in [1.165, 1.54) is 12.3 Å². The maximum atomic E-state index is 12.1. The summed E-state index contributed by atoms with van der Waals surface area (Å²) in [5, 5.41) is -0.180. The second kappa shape index (κ2) is 4.59. The number of carbonyl (C=O) groups is 1. The topological polar surface area (TPSA) is 67.0 Å². The second-order valence-corrected chi connectivity index (χ2v) is 6.42. The van der Waals surface area contributed by atoms with Crippen molar-refractivity contribution < 1.29 is 13.2 Å². The summed E-state index contributed by atoms with van der Waals surface area (Å²) in [6.07, 6.45) is 1.33. The Labute approximate surface area is 109 Å².